The minimum absolute atomic E-state index is 0.576. The van der Waals surface area contributed by atoms with E-state index < -0.39 is 0 Å². The first kappa shape index (κ1) is 13.1. The molecule has 0 amide bonds. The Morgan fingerprint density at radius 2 is 2.19 bits per heavy atom. The van der Waals surface area contributed by atoms with Gasteiger partial charge in [-0.15, -0.1) is 0 Å². The van der Waals surface area contributed by atoms with Crippen molar-refractivity contribution < 1.29 is 4.74 Å². The van der Waals surface area contributed by atoms with Gasteiger partial charge < -0.3 is 4.74 Å². The van der Waals surface area contributed by atoms with Gasteiger partial charge >= 0.3 is 0 Å². The molecule has 0 bridgehead atoms. The summed E-state index contributed by atoms with van der Waals surface area (Å²) in [5.41, 5.74) is 0.576. The quantitative estimate of drug-likeness (QED) is 0.760. The summed E-state index contributed by atoms with van der Waals surface area (Å²) in [6.45, 7) is 5.06. The second kappa shape index (κ2) is 6.55. The Kier molecular flexibility index (Phi) is 5.34. The highest BCUT2D eigenvalue weighted by molar-refractivity contribution is 9.10. The largest absolute Gasteiger partial charge is 0.492 e. The van der Waals surface area contributed by atoms with Gasteiger partial charge in [0, 0.05) is 4.47 Å². The summed E-state index contributed by atoms with van der Waals surface area (Å²) in [5.74, 6) is 1.36. The zero-order chi connectivity index (χ0) is 12.0. The first-order chi connectivity index (χ1) is 7.65. The molecule has 0 atom stereocenters. The number of benzene rings is 1. The van der Waals surface area contributed by atoms with Crippen LogP contribution in [0.2, 0.25) is 0 Å². The molecule has 0 spiro atoms. The number of ether oxygens (including phenoxy) is 1. The molecule has 0 saturated carbocycles. The minimum Gasteiger partial charge on any atom is -0.492 e. The number of rotatable bonds is 5. The summed E-state index contributed by atoms with van der Waals surface area (Å²) in [4.78, 5) is 0. The Hall–Kier alpha value is -1.01. The average Bonchev–Trinajstić information content (AvgIpc) is 2.24. The van der Waals surface area contributed by atoms with Crippen LogP contribution in [0.4, 0.5) is 0 Å². The van der Waals surface area contributed by atoms with Crippen molar-refractivity contribution >= 4 is 15.9 Å². The smallest absolute Gasteiger partial charge is 0.138 e. The fourth-order valence-electron chi connectivity index (χ4n) is 1.41. The maximum absolute atomic E-state index is 8.98. The summed E-state index contributed by atoms with van der Waals surface area (Å²) >= 11 is 3.34. The molecule has 16 heavy (non-hydrogen) atoms. The normalized spacial score (nSPS) is 10.2. The predicted molar refractivity (Wildman–Crippen MR) is 68.4 cm³/mol. The van der Waals surface area contributed by atoms with Gasteiger partial charge in [-0.05, 0) is 46.8 Å². The first-order valence-corrected chi connectivity index (χ1v) is 6.26. The number of hydrogen-bond acceptors (Lipinski definition) is 2. The summed E-state index contributed by atoms with van der Waals surface area (Å²) < 4.78 is 6.40. The van der Waals surface area contributed by atoms with Gasteiger partial charge in [-0.1, -0.05) is 19.9 Å². The fourth-order valence-corrected chi connectivity index (χ4v) is 1.84. The number of hydrogen-bond donors (Lipinski definition) is 0. The molecule has 1 aromatic rings. The maximum atomic E-state index is 8.98. The lowest BCUT2D eigenvalue weighted by Crippen LogP contribution is -2.01. The fraction of sp³-hybridized carbons (Fsp3) is 0.462. The van der Waals surface area contributed by atoms with E-state index in [0.717, 1.165) is 17.3 Å². The zero-order valence-corrected chi connectivity index (χ0v) is 11.3. The van der Waals surface area contributed by atoms with Crippen molar-refractivity contribution in [2.45, 2.75) is 26.7 Å². The minimum atomic E-state index is 0.576. The second-order valence-electron chi connectivity index (χ2n) is 4.11. The van der Waals surface area contributed by atoms with E-state index in [1.165, 1.54) is 0 Å². The highest BCUT2D eigenvalue weighted by Crippen LogP contribution is 2.25. The summed E-state index contributed by atoms with van der Waals surface area (Å²) in [5, 5.41) is 8.98. The molecule has 1 rings (SSSR count). The third kappa shape index (κ3) is 3.86. The lowest BCUT2D eigenvalue weighted by atomic mass is 10.1. The van der Waals surface area contributed by atoms with Crippen LogP contribution in [-0.4, -0.2) is 6.61 Å². The molecular formula is C13H16BrNO. The Balaban J connectivity index is 2.54. The van der Waals surface area contributed by atoms with Gasteiger partial charge in [-0.2, -0.15) is 5.26 Å². The molecule has 0 fully saturated rings. The summed E-state index contributed by atoms with van der Waals surface area (Å²) in [7, 11) is 0. The highest BCUT2D eigenvalue weighted by atomic mass is 79.9. The predicted octanol–water partition coefficient (Wildman–Crippen LogP) is 4.14. The van der Waals surface area contributed by atoms with Crippen LogP contribution in [0.5, 0.6) is 5.75 Å². The number of nitrogens with zero attached hydrogens (tertiary/aromatic N) is 1. The topological polar surface area (TPSA) is 33.0 Å². The monoisotopic (exact) mass is 281 g/mol. The van der Waals surface area contributed by atoms with E-state index in [1.807, 2.05) is 18.2 Å². The molecule has 0 N–H and O–H groups in total. The number of halogens is 1. The molecule has 0 aromatic heterocycles. The van der Waals surface area contributed by atoms with Crippen LogP contribution < -0.4 is 4.74 Å². The van der Waals surface area contributed by atoms with Crippen LogP contribution in [0.15, 0.2) is 22.7 Å². The van der Waals surface area contributed by atoms with Gasteiger partial charge in [-0.3, -0.25) is 0 Å². The molecule has 0 radical (unpaired) electrons. The van der Waals surface area contributed by atoms with Crippen molar-refractivity contribution in [3.63, 3.8) is 0 Å². The van der Waals surface area contributed by atoms with Crippen molar-refractivity contribution in [2.75, 3.05) is 6.61 Å². The van der Waals surface area contributed by atoms with Crippen LogP contribution >= 0.6 is 15.9 Å². The number of nitriles is 1. The Bertz CT molecular complexity index is 382. The molecule has 86 valence electrons. The van der Waals surface area contributed by atoms with E-state index in [4.69, 9.17) is 10.00 Å². The van der Waals surface area contributed by atoms with Crippen molar-refractivity contribution in [2.24, 2.45) is 5.92 Å². The van der Waals surface area contributed by atoms with E-state index in [0.29, 0.717) is 23.8 Å². The van der Waals surface area contributed by atoms with Crippen LogP contribution in [0, 0.1) is 17.2 Å². The lowest BCUT2D eigenvalue weighted by molar-refractivity contribution is 0.297. The molecule has 0 heterocycles. The molecule has 0 unspecified atom stereocenters. The van der Waals surface area contributed by atoms with Crippen LogP contribution in [0.1, 0.15) is 32.3 Å². The average molecular weight is 282 g/mol. The summed E-state index contributed by atoms with van der Waals surface area (Å²) in [6, 6.07) is 7.70. The van der Waals surface area contributed by atoms with E-state index >= 15 is 0 Å². The third-order valence-corrected chi connectivity index (χ3v) is 2.93. The maximum Gasteiger partial charge on any atom is 0.138 e. The lowest BCUT2D eigenvalue weighted by Gasteiger charge is -2.09. The van der Waals surface area contributed by atoms with E-state index in [1.54, 1.807) is 0 Å². The third-order valence-electron chi connectivity index (χ3n) is 2.27. The van der Waals surface area contributed by atoms with Gasteiger partial charge in [0.25, 0.3) is 0 Å². The van der Waals surface area contributed by atoms with Gasteiger partial charge in [0.2, 0.25) is 0 Å². The van der Waals surface area contributed by atoms with Crippen LogP contribution in [0.25, 0.3) is 0 Å². The molecule has 2 nitrogen and oxygen atoms in total. The van der Waals surface area contributed by atoms with Crippen molar-refractivity contribution in [1.29, 1.82) is 5.26 Å². The van der Waals surface area contributed by atoms with E-state index in [2.05, 4.69) is 35.8 Å². The SMILES string of the molecule is CC(C)CCCOc1cccc(Br)c1C#N. The van der Waals surface area contributed by atoms with Gasteiger partial charge in [0.05, 0.1) is 6.61 Å². The Labute approximate surface area is 105 Å². The van der Waals surface area contributed by atoms with E-state index in [9.17, 15) is 0 Å². The van der Waals surface area contributed by atoms with Gasteiger partial charge in [0.1, 0.15) is 17.4 Å². The second-order valence-corrected chi connectivity index (χ2v) is 4.96. The Morgan fingerprint density at radius 3 is 2.81 bits per heavy atom. The molecule has 1 aromatic carbocycles. The summed E-state index contributed by atoms with van der Waals surface area (Å²) in [6.07, 6.45) is 2.17. The van der Waals surface area contributed by atoms with Crippen molar-refractivity contribution in [3.8, 4) is 11.8 Å². The zero-order valence-electron chi connectivity index (χ0n) is 9.66. The molecule has 3 heteroatoms. The molecular weight excluding hydrogens is 266 g/mol. The molecule has 0 aliphatic carbocycles. The standard InChI is InChI=1S/C13H16BrNO/c1-10(2)5-4-8-16-13-7-3-6-12(14)11(13)9-15/h3,6-7,10H,4-5,8H2,1-2H3. The molecule has 0 saturated heterocycles. The van der Waals surface area contributed by atoms with Gasteiger partial charge in [-0.25, -0.2) is 0 Å². The van der Waals surface area contributed by atoms with Crippen molar-refractivity contribution in [3.05, 3.63) is 28.2 Å². The van der Waals surface area contributed by atoms with E-state index in [-0.39, 0.29) is 0 Å². The Morgan fingerprint density at radius 1 is 1.44 bits per heavy atom. The first-order valence-electron chi connectivity index (χ1n) is 5.46. The van der Waals surface area contributed by atoms with Crippen molar-refractivity contribution in [1.82, 2.24) is 0 Å². The molecule has 0 aliphatic rings. The van der Waals surface area contributed by atoms with Gasteiger partial charge in [0.15, 0.2) is 0 Å². The van der Waals surface area contributed by atoms with Crippen LogP contribution in [0.3, 0.4) is 0 Å². The molecule has 0 aliphatic heterocycles. The highest BCUT2D eigenvalue weighted by Gasteiger charge is 2.06. The van der Waals surface area contributed by atoms with Crippen LogP contribution in [-0.2, 0) is 0 Å².